The molecule has 0 spiro atoms. The Kier molecular flexibility index (Phi) is 4.63. The number of nitrogens with one attached hydrogen (secondary N) is 1. The third-order valence-electron chi connectivity index (χ3n) is 4.47. The molecule has 0 saturated heterocycles. The average Bonchev–Trinajstić information content (AvgIpc) is 3.13. The maximum absolute atomic E-state index is 12.5. The molecular weight excluding hydrogens is 430 g/mol. The largest absolute Gasteiger partial charge is 0.334 e. The molecule has 1 N–H and O–H groups in total. The van der Waals surface area contributed by atoms with Gasteiger partial charge >= 0.3 is 5.69 Å². The lowest BCUT2D eigenvalue weighted by Crippen LogP contribution is -2.28. The third kappa shape index (κ3) is 3.44. The van der Waals surface area contributed by atoms with Gasteiger partial charge in [0.2, 0.25) is 0 Å². The summed E-state index contributed by atoms with van der Waals surface area (Å²) in [6.07, 6.45) is 1.09. The average molecular weight is 443 g/mol. The van der Waals surface area contributed by atoms with E-state index in [4.69, 9.17) is 0 Å². The molecule has 152 valence electrons. The number of thiophene rings is 1. The number of aromatic nitrogens is 2. The number of sulfone groups is 1. The summed E-state index contributed by atoms with van der Waals surface area (Å²) in [4.78, 5) is 38.6. The number of hydrogen-bond acceptors (Lipinski definition) is 7. The highest BCUT2D eigenvalue weighted by molar-refractivity contribution is 7.90. The van der Waals surface area contributed by atoms with E-state index < -0.39 is 26.0 Å². The highest BCUT2D eigenvalue weighted by Gasteiger charge is 2.16. The first kappa shape index (κ1) is 19.7. The first-order valence-corrected chi connectivity index (χ1v) is 11.2. The summed E-state index contributed by atoms with van der Waals surface area (Å²) in [6, 6.07) is 13.2. The van der Waals surface area contributed by atoms with Crippen molar-refractivity contribution in [1.29, 1.82) is 0 Å². The fourth-order valence-corrected chi connectivity index (χ4v) is 4.80. The highest BCUT2D eigenvalue weighted by atomic mass is 32.2. The van der Waals surface area contributed by atoms with E-state index in [1.54, 1.807) is 18.2 Å². The minimum absolute atomic E-state index is 0.0550. The molecule has 4 rings (SSSR count). The first-order chi connectivity index (χ1) is 14.1. The smallest absolute Gasteiger partial charge is 0.273 e. The van der Waals surface area contributed by atoms with Crippen LogP contribution in [0.2, 0.25) is 0 Å². The van der Waals surface area contributed by atoms with Gasteiger partial charge in [0.05, 0.1) is 20.9 Å². The van der Waals surface area contributed by atoms with Crippen molar-refractivity contribution in [3.8, 4) is 16.1 Å². The van der Waals surface area contributed by atoms with Gasteiger partial charge in [0.1, 0.15) is 4.83 Å². The number of non-ortho nitro benzene ring substituents is 1. The molecule has 0 aliphatic rings. The van der Waals surface area contributed by atoms with Crippen molar-refractivity contribution >= 4 is 37.1 Å². The summed E-state index contributed by atoms with van der Waals surface area (Å²) in [7, 11) is -3.39. The van der Waals surface area contributed by atoms with Crippen molar-refractivity contribution < 1.29 is 13.3 Å². The third-order valence-corrected chi connectivity index (χ3v) is 6.77. The number of nitrogens with zero attached hydrogens (tertiary/aromatic N) is 2. The van der Waals surface area contributed by atoms with E-state index >= 15 is 0 Å². The molecule has 0 amide bonds. The molecule has 2 aromatic carbocycles. The number of aromatic amines is 1. The van der Waals surface area contributed by atoms with Crippen LogP contribution in [0.3, 0.4) is 0 Å². The van der Waals surface area contributed by atoms with Crippen molar-refractivity contribution in [1.82, 2.24) is 9.55 Å². The molecule has 0 atom stereocenters. The number of nitro groups is 1. The lowest BCUT2D eigenvalue weighted by atomic mass is 10.1. The van der Waals surface area contributed by atoms with Crippen LogP contribution in [-0.4, -0.2) is 29.1 Å². The quantitative estimate of drug-likeness (QED) is 0.381. The van der Waals surface area contributed by atoms with Crippen molar-refractivity contribution in [2.24, 2.45) is 0 Å². The van der Waals surface area contributed by atoms with Crippen molar-refractivity contribution in [3.05, 3.63) is 85.5 Å². The van der Waals surface area contributed by atoms with E-state index in [2.05, 4.69) is 4.98 Å². The van der Waals surface area contributed by atoms with E-state index in [-0.39, 0.29) is 16.0 Å². The van der Waals surface area contributed by atoms with Gasteiger partial charge in [-0.15, -0.1) is 11.3 Å². The number of fused-ring (bicyclic) bond motifs is 1. The Labute approximate surface area is 172 Å². The summed E-state index contributed by atoms with van der Waals surface area (Å²) in [6.45, 7) is 0. The molecule has 0 aliphatic carbocycles. The van der Waals surface area contributed by atoms with Crippen molar-refractivity contribution in [3.63, 3.8) is 0 Å². The summed E-state index contributed by atoms with van der Waals surface area (Å²) in [5, 5.41) is 11.1. The highest BCUT2D eigenvalue weighted by Crippen LogP contribution is 2.33. The van der Waals surface area contributed by atoms with E-state index in [9.17, 15) is 28.1 Å². The topological polar surface area (TPSA) is 132 Å². The van der Waals surface area contributed by atoms with Crippen LogP contribution in [0.15, 0.2) is 69.1 Å². The van der Waals surface area contributed by atoms with Gasteiger partial charge in [0.25, 0.3) is 11.2 Å². The van der Waals surface area contributed by atoms with Crippen LogP contribution in [0.5, 0.6) is 0 Å². The Hall–Kier alpha value is -3.57. The molecule has 0 saturated carbocycles. The molecule has 30 heavy (non-hydrogen) atoms. The van der Waals surface area contributed by atoms with Crippen molar-refractivity contribution in [2.75, 3.05) is 6.26 Å². The second kappa shape index (κ2) is 7.04. The normalized spacial score (nSPS) is 11.6. The maximum Gasteiger partial charge on any atom is 0.334 e. The van der Waals surface area contributed by atoms with Crippen LogP contribution in [0.4, 0.5) is 5.69 Å². The standard InChI is InChI=1S/C19H13N3O6S2/c1-30(27,28)14-8-6-12(7-9-14)21-18-15(17(23)20-19(21)24)10-16(29-18)11-2-4-13(5-3-11)22(25)26/h2-10H,1H3,(H,20,23,24). The zero-order valence-corrected chi connectivity index (χ0v) is 17.0. The minimum atomic E-state index is -3.39. The van der Waals surface area contributed by atoms with Crippen LogP contribution in [0, 0.1) is 10.1 Å². The van der Waals surface area contributed by atoms with Crippen LogP contribution >= 0.6 is 11.3 Å². The fourth-order valence-electron chi connectivity index (χ4n) is 2.99. The van der Waals surface area contributed by atoms with Crippen LogP contribution in [0.1, 0.15) is 0 Å². The van der Waals surface area contributed by atoms with E-state index in [1.165, 1.54) is 52.3 Å². The summed E-state index contributed by atoms with van der Waals surface area (Å²) < 4.78 is 24.6. The Morgan fingerprint density at radius 3 is 2.23 bits per heavy atom. The lowest BCUT2D eigenvalue weighted by Gasteiger charge is -2.07. The Bertz CT molecular complexity index is 1510. The SMILES string of the molecule is CS(=O)(=O)c1ccc(-n2c(=O)[nH]c(=O)c3cc(-c4ccc([N+](=O)[O-])cc4)sc32)cc1. The summed E-state index contributed by atoms with van der Waals surface area (Å²) >= 11 is 1.18. The van der Waals surface area contributed by atoms with E-state index in [0.29, 0.717) is 21.0 Å². The van der Waals surface area contributed by atoms with Gasteiger partial charge in [-0.1, -0.05) is 0 Å². The van der Waals surface area contributed by atoms with Gasteiger partial charge in [-0.05, 0) is 48.0 Å². The number of rotatable bonds is 4. The van der Waals surface area contributed by atoms with Crippen LogP contribution in [0.25, 0.3) is 26.3 Å². The molecule has 2 heterocycles. The molecule has 4 aromatic rings. The predicted octanol–water partition coefficient (Wildman–Crippen LogP) is 2.72. The molecule has 0 aliphatic heterocycles. The minimum Gasteiger partial charge on any atom is -0.273 e. The van der Waals surface area contributed by atoms with E-state index in [1.807, 2.05) is 0 Å². The Morgan fingerprint density at radius 1 is 1.03 bits per heavy atom. The molecular formula is C19H13N3O6S2. The predicted molar refractivity (Wildman–Crippen MR) is 113 cm³/mol. The Balaban J connectivity index is 1.90. The number of hydrogen-bond donors (Lipinski definition) is 1. The molecule has 0 bridgehead atoms. The number of H-pyrrole nitrogens is 1. The van der Waals surface area contributed by atoms with Gasteiger partial charge in [-0.25, -0.2) is 13.2 Å². The summed E-state index contributed by atoms with van der Waals surface area (Å²) in [5.74, 6) is 0. The number of benzene rings is 2. The van der Waals surface area contributed by atoms with Gasteiger partial charge in [0.15, 0.2) is 9.84 Å². The van der Waals surface area contributed by atoms with Gasteiger partial charge in [0, 0.05) is 23.3 Å². The Morgan fingerprint density at radius 2 is 1.67 bits per heavy atom. The van der Waals surface area contributed by atoms with Gasteiger partial charge < -0.3 is 0 Å². The monoisotopic (exact) mass is 443 g/mol. The maximum atomic E-state index is 12.5. The zero-order chi connectivity index (χ0) is 21.6. The zero-order valence-electron chi connectivity index (χ0n) is 15.4. The molecule has 0 unspecified atom stereocenters. The molecule has 0 fully saturated rings. The van der Waals surface area contributed by atoms with E-state index in [0.717, 1.165) is 6.26 Å². The molecule has 9 nitrogen and oxygen atoms in total. The van der Waals surface area contributed by atoms with Crippen LogP contribution < -0.4 is 11.2 Å². The second-order valence-corrected chi connectivity index (χ2v) is 9.54. The summed E-state index contributed by atoms with van der Waals surface area (Å²) in [5.41, 5.74) is -0.209. The molecule has 2 aromatic heterocycles. The lowest BCUT2D eigenvalue weighted by molar-refractivity contribution is -0.384. The number of nitro benzene ring substituents is 1. The van der Waals surface area contributed by atoms with Crippen LogP contribution in [-0.2, 0) is 9.84 Å². The van der Waals surface area contributed by atoms with Gasteiger partial charge in [-0.2, -0.15) is 0 Å². The van der Waals surface area contributed by atoms with Gasteiger partial charge in [-0.3, -0.25) is 24.5 Å². The molecule has 0 radical (unpaired) electrons. The molecule has 11 heteroatoms. The first-order valence-electron chi connectivity index (χ1n) is 8.49. The van der Waals surface area contributed by atoms with Crippen molar-refractivity contribution in [2.45, 2.75) is 4.90 Å². The fraction of sp³-hybridized carbons (Fsp3) is 0.0526. The second-order valence-electron chi connectivity index (χ2n) is 6.49.